The Hall–Kier alpha value is -0.940. The quantitative estimate of drug-likeness (QED) is 0.618. The number of hydrogen-bond donors (Lipinski definition) is 0. The van der Waals surface area contributed by atoms with Gasteiger partial charge in [0.05, 0.1) is 0 Å². The van der Waals surface area contributed by atoms with E-state index in [9.17, 15) is 0 Å². The fraction of sp³-hybridized carbons (Fsp3) is 0.625. The van der Waals surface area contributed by atoms with Crippen molar-refractivity contribution in [3.05, 3.63) is 35.4 Å². The molecule has 113 valence electrons. The van der Waals surface area contributed by atoms with Gasteiger partial charge in [0.2, 0.25) is 0 Å². The summed E-state index contributed by atoms with van der Waals surface area (Å²) in [4.78, 5) is 0. The number of methoxy groups -OCH3 is 2. The van der Waals surface area contributed by atoms with Gasteiger partial charge in [0.1, 0.15) is 0 Å². The molecule has 1 aromatic rings. The van der Waals surface area contributed by atoms with Crippen LogP contribution in [0.25, 0.3) is 0 Å². The highest BCUT2D eigenvalue weighted by molar-refractivity contribution is 5.23. The monoisotopic (exact) mass is 281 g/mol. The van der Waals surface area contributed by atoms with Gasteiger partial charge in [-0.15, -0.1) is 0 Å². The van der Waals surface area contributed by atoms with Crippen LogP contribution < -0.4 is 0 Å². The van der Waals surface area contributed by atoms with Gasteiger partial charge in [0, 0.05) is 40.3 Å². The highest BCUT2D eigenvalue weighted by Gasteiger charge is 2.11. The number of rotatable bonds is 10. The van der Waals surface area contributed by atoms with Crippen molar-refractivity contribution >= 4 is 0 Å². The molecule has 0 aliphatic carbocycles. The van der Waals surface area contributed by atoms with Crippen LogP contribution in [0.15, 0.2) is 18.2 Å². The molecule has 1 rings (SSSR count). The Kier molecular flexibility index (Phi) is 8.46. The van der Waals surface area contributed by atoms with Gasteiger partial charge in [0.15, 0.2) is 12.6 Å². The Bertz CT molecular complexity index is 336. The second-order valence-corrected chi connectivity index (χ2v) is 4.37. The summed E-state index contributed by atoms with van der Waals surface area (Å²) in [5.41, 5.74) is 2.22. The van der Waals surface area contributed by atoms with Crippen LogP contribution in [0.2, 0.25) is 0 Å². The van der Waals surface area contributed by atoms with Gasteiger partial charge < -0.3 is 18.9 Å². The highest BCUT2D eigenvalue weighted by Crippen LogP contribution is 2.12. The lowest BCUT2D eigenvalue weighted by Gasteiger charge is -2.17. The van der Waals surface area contributed by atoms with Crippen molar-refractivity contribution in [2.75, 3.05) is 27.4 Å². The topological polar surface area (TPSA) is 36.9 Å². The lowest BCUT2D eigenvalue weighted by Crippen LogP contribution is -2.19. The third-order valence-electron chi connectivity index (χ3n) is 2.95. The molecule has 0 spiro atoms. The maximum atomic E-state index is 5.49. The second kappa shape index (κ2) is 9.88. The van der Waals surface area contributed by atoms with E-state index >= 15 is 0 Å². The molecule has 1 aromatic carbocycles. The summed E-state index contributed by atoms with van der Waals surface area (Å²) in [7, 11) is 3.31. The minimum Gasteiger partial charge on any atom is -0.356 e. The van der Waals surface area contributed by atoms with Crippen molar-refractivity contribution in [2.24, 2.45) is 0 Å². The molecule has 1 radical (unpaired) electrons. The van der Waals surface area contributed by atoms with E-state index in [4.69, 9.17) is 18.9 Å². The average Bonchev–Trinajstić information content (AvgIpc) is 2.46. The van der Waals surface area contributed by atoms with E-state index in [1.807, 2.05) is 26.0 Å². The summed E-state index contributed by atoms with van der Waals surface area (Å²) < 4.78 is 21.6. The Morgan fingerprint density at radius 1 is 1.00 bits per heavy atom. The van der Waals surface area contributed by atoms with Crippen LogP contribution in [0.5, 0.6) is 0 Å². The maximum Gasteiger partial charge on any atom is 0.161 e. The summed E-state index contributed by atoms with van der Waals surface area (Å²) in [5.74, 6) is 0. The molecule has 0 saturated heterocycles. The normalized spacial score (nSPS) is 14.2. The van der Waals surface area contributed by atoms with Gasteiger partial charge in [-0.05, 0) is 31.0 Å². The predicted molar refractivity (Wildman–Crippen MR) is 77.5 cm³/mol. The van der Waals surface area contributed by atoms with E-state index in [2.05, 4.69) is 12.1 Å². The van der Waals surface area contributed by atoms with E-state index in [1.165, 1.54) is 0 Å². The van der Waals surface area contributed by atoms with E-state index in [0.717, 1.165) is 17.5 Å². The summed E-state index contributed by atoms with van der Waals surface area (Å²) in [6.45, 7) is 5.19. The molecule has 0 saturated carbocycles. The van der Waals surface area contributed by atoms with Crippen LogP contribution in [0.1, 0.15) is 25.0 Å². The molecule has 0 N–H and O–H groups in total. The molecule has 0 aliphatic rings. The first kappa shape index (κ1) is 17.1. The van der Waals surface area contributed by atoms with Crippen LogP contribution >= 0.6 is 0 Å². The third kappa shape index (κ3) is 6.01. The molecule has 0 amide bonds. The lowest BCUT2D eigenvalue weighted by atomic mass is 10.1. The van der Waals surface area contributed by atoms with Crippen LogP contribution in [0, 0.1) is 6.07 Å². The van der Waals surface area contributed by atoms with Gasteiger partial charge in [-0.3, -0.25) is 0 Å². The maximum absolute atomic E-state index is 5.49. The first-order valence-electron chi connectivity index (χ1n) is 7.01. The summed E-state index contributed by atoms with van der Waals surface area (Å²) >= 11 is 0. The van der Waals surface area contributed by atoms with E-state index in [-0.39, 0.29) is 12.6 Å². The predicted octanol–water partition coefficient (Wildman–Crippen LogP) is 2.59. The van der Waals surface area contributed by atoms with Crippen molar-refractivity contribution in [3.63, 3.8) is 0 Å². The molecular formula is C16H25O4. The van der Waals surface area contributed by atoms with Crippen LogP contribution in [0.4, 0.5) is 0 Å². The molecule has 0 aliphatic heterocycles. The van der Waals surface area contributed by atoms with Crippen molar-refractivity contribution < 1.29 is 18.9 Å². The van der Waals surface area contributed by atoms with Gasteiger partial charge >= 0.3 is 0 Å². The Morgan fingerprint density at radius 3 is 2.15 bits per heavy atom. The molecule has 4 nitrogen and oxygen atoms in total. The minimum absolute atomic E-state index is 0.208. The van der Waals surface area contributed by atoms with Crippen LogP contribution in [0.3, 0.4) is 0 Å². The molecule has 0 bridgehead atoms. The number of ether oxygens (including phenoxy) is 4. The van der Waals surface area contributed by atoms with Crippen LogP contribution in [-0.2, 0) is 31.8 Å². The minimum atomic E-state index is -0.225. The molecule has 2 atom stereocenters. The zero-order valence-electron chi connectivity index (χ0n) is 12.8. The van der Waals surface area contributed by atoms with Gasteiger partial charge in [-0.2, -0.15) is 0 Å². The largest absolute Gasteiger partial charge is 0.356 e. The van der Waals surface area contributed by atoms with Crippen molar-refractivity contribution in [2.45, 2.75) is 39.3 Å². The molecule has 0 aromatic heterocycles. The third-order valence-corrected chi connectivity index (χ3v) is 2.95. The van der Waals surface area contributed by atoms with Crippen molar-refractivity contribution in [1.29, 1.82) is 0 Å². The smallest absolute Gasteiger partial charge is 0.161 e. The zero-order chi connectivity index (χ0) is 14.8. The Balaban J connectivity index is 2.64. The average molecular weight is 281 g/mol. The van der Waals surface area contributed by atoms with E-state index < -0.39 is 0 Å². The fourth-order valence-electron chi connectivity index (χ4n) is 1.98. The summed E-state index contributed by atoms with van der Waals surface area (Å²) in [5, 5.41) is 0. The Morgan fingerprint density at radius 2 is 1.60 bits per heavy atom. The van der Waals surface area contributed by atoms with Crippen molar-refractivity contribution in [3.8, 4) is 0 Å². The lowest BCUT2D eigenvalue weighted by molar-refractivity contribution is -0.119. The molecule has 4 heteroatoms. The summed E-state index contributed by atoms with van der Waals surface area (Å²) in [6.07, 6.45) is 0.972. The standard InChI is InChI=1S/C16H25O4/c1-5-19-15(17-3)11-13-8-7-9-14(10-13)12-16(18-4)20-6-2/h7-8,10,15-16H,5-6,11-12H2,1-4H3. The second-order valence-electron chi connectivity index (χ2n) is 4.37. The molecule has 2 unspecified atom stereocenters. The van der Waals surface area contributed by atoms with E-state index in [1.54, 1.807) is 14.2 Å². The first-order valence-corrected chi connectivity index (χ1v) is 7.01. The molecule has 0 fully saturated rings. The SMILES string of the molecule is CCOC(Cc1[c]ccc(CC(OC)OCC)c1)OC. The van der Waals surface area contributed by atoms with Gasteiger partial charge in [-0.1, -0.05) is 18.2 Å². The van der Waals surface area contributed by atoms with Crippen molar-refractivity contribution in [1.82, 2.24) is 0 Å². The first-order chi connectivity index (χ1) is 9.73. The Labute approximate surface area is 122 Å². The molecular weight excluding hydrogens is 256 g/mol. The number of benzene rings is 1. The van der Waals surface area contributed by atoms with Gasteiger partial charge in [-0.25, -0.2) is 0 Å². The zero-order valence-corrected chi connectivity index (χ0v) is 12.8. The van der Waals surface area contributed by atoms with Crippen LogP contribution in [-0.4, -0.2) is 40.0 Å². The number of hydrogen-bond acceptors (Lipinski definition) is 4. The fourth-order valence-corrected chi connectivity index (χ4v) is 1.98. The highest BCUT2D eigenvalue weighted by atomic mass is 16.7. The molecule has 0 heterocycles. The van der Waals surface area contributed by atoms with Gasteiger partial charge in [0.25, 0.3) is 0 Å². The summed E-state index contributed by atoms with van der Waals surface area (Å²) in [6, 6.07) is 9.25. The molecule has 20 heavy (non-hydrogen) atoms. The van der Waals surface area contributed by atoms with E-state index in [0.29, 0.717) is 19.6 Å².